The second-order valence-electron chi connectivity index (χ2n) is 7.00. The molecule has 1 aromatic carbocycles. The maximum atomic E-state index is 13.0. The molecule has 0 spiro atoms. The van der Waals surface area contributed by atoms with Gasteiger partial charge in [-0.1, -0.05) is 55.2 Å². The maximum absolute atomic E-state index is 13.0. The highest BCUT2D eigenvalue weighted by Crippen LogP contribution is 2.39. The molecule has 1 saturated carbocycles. The van der Waals surface area contributed by atoms with E-state index in [-0.39, 0.29) is 11.6 Å². The van der Waals surface area contributed by atoms with Crippen LogP contribution >= 0.6 is 0 Å². The van der Waals surface area contributed by atoms with Gasteiger partial charge in [0.05, 0.1) is 5.41 Å². The quantitative estimate of drug-likeness (QED) is 0.863. The third-order valence-corrected chi connectivity index (χ3v) is 5.08. The number of carbonyl (C=O) groups excluding carboxylic acids is 2. The summed E-state index contributed by atoms with van der Waals surface area (Å²) in [4.78, 5) is 29.4. The van der Waals surface area contributed by atoms with Gasteiger partial charge in [-0.15, -0.1) is 0 Å². The lowest BCUT2D eigenvalue weighted by Gasteiger charge is -2.35. The molecule has 2 amide bonds. The number of carbonyl (C=O) groups is 2. The number of aryl methyl sites for hydroxylation is 1. The number of hydrogen-bond acceptors (Lipinski definition) is 3. The van der Waals surface area contributed by atoms with Crippen LogP contribution in [0.2, 0.25) is 0 Å². The molecule has 4 nitrogen and oxygen atoms in total. The fourth-order valence-corrected chi connectivity index (χ4v) is 3.61. The Morgan fingerprint density at radius 1 is 1.04 bits per heavy atom. The fourth-order valence-electron chi connectivity index (χ4n) is 3.61. The molecule has 0 bridgehead atoms. The van der Waals surface area contributed by atoms with E-state index in [1.54, 1.807) is 24.4 Å². The highest BCUT2D eigenvalue weighted by molar-refractivity contribution is 6.05. The summed E-state index contributed by atoms with van der Waals surface area (Å²) in [7, 11) is 0. The van der Waals surface area contributed by atoms with Gasteiger partial charge in [0.25, 0.3) is 5.91 Å². The van der Waals surface area contributed by atoms with Crippen LogP contribution in [0.3, 0.4) is 0 Å². The van der Waals surface area contributed by atoms with Gasteiger partial charge >= 0.3 is 0 Å². The van der Waals surface area contributed by atoms with Crippen LogP contribution in [0, 0.1) is 12.3 Å². The first-order valence-electron chi connectivity index (χ1n) is 8.91. The van der Waals surface area contributed by atoms with Crippen LogP contribution in [0.15, 0.2) is 48.7 Å². The van der Waals surface area contributed by atoms with Gasteiger partial charge in [0.15, 0.2) is 0 Å². The van der Waals surface area contributed by atoms with Gasteiger partial charge in [0.1, 0.15) is 5.69 Å². The normalized spacial score (nSPS) is 16.2. The molecule has 0 atom stereocenters. The Kier molecular flexibility index (Phi) is 5.27. The van der Waals surface area contributed by atoms with Crippen LogP contribution in [0.5, 0.6) is 0 Å². The Labute approximate surface area is 148 Å². The second kappa shape index (κ2) is 7.60. The summed E-state index contributed by atoms with van der Waals surface area (Å²) in [6, 6.07) is 13.4. The predicted molar refractivity (Wildman–Crippen MR) is 97.1 cm³/mol. The van der Waals surface area contributed by atoms with E-state index in [9.17, 15) is 9.59 Å². The van der Waals surface area contributed by atoms with Crippen LogP contribution in [-0.2, 0) is 11.2 Å². The van der Waals surface area contributed by atoms with Gasteiger partial charge in [-0.05, 0) is 43.9 Å². The van der Waals surface area contributed by atoms with E-state index in [0.717, 1.165) is 37.7 Å². The smallest absolute Gasteiger partial charge is 0.276 e. The summed E-state index contributed by atoms with van der Waals surface area (Å²) < 4.78 is 0. The maximum Gasteiger partial charge on any atom is 0.276 e. The molecule has 130 valence electrons. The number of rotatable bonds is 4. The van der Waals surface area contributed by atoms with Crippen molar-refractivity contribution in [3.05, 3.63) is 65.5 Å². The van der Waals surface area contributed by atoms with Gasteiger partial charge in [-0.2, -0.15) is 0 Å². The van der Waals surface area contributed by atoms with Crippen molar-refractivity contribution in [3.63, 3.8) is 0 Å². The first kappa shape index (κ1) is 17.3. The van der Waals surface area contributed by atoms with E-state index < -0.39 is 11.3 Å². The molecule has 4 heteroatoms. The summed E-state index contributed by atoms with van der Waals surface area (Å²) in [6.07, 6.45) is 7.08. The topological polar surface area (TPSA) is 59.1 Å². The highest BCUT2D eigenvalue weighted by atomic mass is 16.2. The molecule has 25 heavy (non-hydrogen) atoms. The average Bonchev–Trinajstić information content (AvgIpc) is 2.65. The minimum atomic E-state index is -0.502. The minimum Gasteiger partial charge on any atom is -0.290 e. The Hall–Kier alpha value is -2.49. The molecular weight excluding hydrogens is 312 g/mol. The monoisotopic (exact) mass is 336 g/mol. The lowest BCUT2D eigenvalue weighted by atomic mass is 9.69. The minimum absolute atomic E-state index is 0.163. The van der Waals surface area contributed by atoms with Gasteiger partial charge in [-0.25, -0.2) is 0 Å². The molecule has 0 saturated heterocycles. The largest absolute Gasteiger partial charge is 0.290 e. The number of hydrogen-bond donors (Lipinski definition) is 1. The van der Waals surface area contributed by atoms with E-state index >= 15 is 0 Å². The molecule has 2 aromatic rings. The number of imide groups is 1. The number of aromatic nitrogens is 1. The van der Waals surface area contributed by atoms with Crippen molar-refractivity contribution in [1.82, 2.24) is 10.3 Å². The highest BCUT2D eigenvalue weighted by Gasteiger charge is 2.40. The number of nitrogens with one attached hydrogen (secondary N) is 1. The van der Waals surface area contributed by atoms with Crippen LogP contribution in [0.1, 0.15) is 53.7 Å². The van der Waals surface area contributed by atoms with Crippen molar-refractivity contribution in [1.29, 1.82) is 0 Å². The van der Waals surface area contributed by atoms with Gasteiger partial charge < -0.3 is 0 Å². The lowest BCUT2D eigenvalue weighted by molar-refractivity contribution is -0.131. The van der Waals surface area contributed by atoms with E-state index in [2.05, 4.69) is 41.5 Å². The molecule has 0 unspecified atom stereocenters. The number of amides is 2. The van der Waals surface area contributed by atoms with Crippen molar-refractivity contribution in [2.45, 2.75) is 45.4 Å². The molecule has 1 fully saturated rings. The third kappa shape index (κ3) is 4.13. The summed E-state index contributed by atoms with van der Waals surface area (Å²) in [5, 5.41) is 2.60. The summed E-state index contributed by atoms with van der Waals surface area (Å²) in [5.74, 6) is -0.581. The zero-order chi connectivity index (χ0) is 17.7. The fraction of sp³-hybridized carbons (Fsp3) is 0.381. The molecule has 1 N–H and O–H groups in total. The summed E-state index contributed by atoms with van der Waals surface area (Å²) >= 11 is 0. The number of nitrogens with zero attached hydrogens (tertiary/aromatic N) is 1. The zero-order valence-corrected chi connectivity index (χ0v) is 14.6. The lowest BCUT2D eigenvalue weighted by Crippen LogP contribution is -2.46. The zero-order valence-electron chi connectivity index (χ0n) is 14.6. The van der Waals surface area contributed by atoms with Crippen LogP contribution in [0.25, 0.3) is 0 Å². The van der Waals surface area contributed by atoms with Gasteiger partial charge in [0, 0.05) is 6.20 Å². The molecule has 1 aromatic heterocycles. The first-order chi connectivity index (χ1) is 12.1. The van der Waals surface area contributed by atoms with E-state index in [0.29, 0.717) is 6.42 Å². The summed E-state index contributed by atoms with van der Waals surface area (Å²) in [6.45, 7) is 2.05. The molecule has 0 radical (unpaired) electrons. The molecule has 1 heterocycles. The Morgan fingerprint density at radius 3 is 2.40 bits per heavy atom. The standard InChI is InChI=1S/C21H24N2O2/c1-16-8-10-17(11-9-16)15-21(12-4-2-5-13-21)20(25)23-19(24)18-7-3-6-14-22-18/h3,6-11,14H,2,4-5,12-13,15H2,1H3,(H,23,24,25). The number of benzene rings is 1. The van der Waals surface area contributed by atoms with Crippen molar-refractivity contribution < 1.29 is 9.59 Å². The predicted octanol–water partition coefficient (Wildman–Crippen LogP) is 3.84. The van der Waals surface area contributed by atoms with Crippen LogP contribution in [0.4, 0.5) is 0 Å². The Morgan fingerprint density at radius 2 is 1.76 bits per heavy atom. The summed E-state index contributed by atoms with van der Waals surface area (Å²) in [5.41, 5.74) is 2.12. The average molecular weight is 336 g/mol. The molecule has 0 aliphatic heterocycles. The number of pyridine rings is 1. The van der Waals surface area contributed by atoms with Crippen LogP contribution < -0.4 is 5.32 Å². The molecule has 1 aliphatic rings. The Bertz CT molecular complexity index is 732. The van der Waals surface area contributed by atoms with E-state index in [1.165, 1.54) is 5.56 Å². The van der Waals surface area contributed by atoms with Gasteiger partial charge in [-0.3, -0.25) is 19.9 Å². The van der Waals surface area contributed by atoms with Gasteiger partial charge in [0.2, 0.25) is 5.91 Å². The first-order valence-corrected chi connectivity index (χ1v) is 8.91. The van der Waals surface area contributed by atoms with E-state index in [1.807, 2.05) is 0 Å². The van der Waals surface area contributed by atoms with Crippen molar-refractivity contribution >= 4 is 11.8 Å². The van der Waals surface area contributed by atoms with Crippen molar-refractivity contribution in [3.8, 4) is 0 Å². The van der Waals surface area contributed by atoms with Crippen molar-refractivity contribution in [2.24, 2.45) is 5.41 Å². The molecule has 3 rings (SSSR count). The molecular formula is C21H24N2O2. The van der Waals surface area contributed by atoms with E-state index in [4.69, 9.17) is 0 Å². The SMILES string of the molecule is Cc1ccc(CC2(C(=O)NC(=O)c3ccccn3)CCCCC2)cc1. The molecule has 1 aliphatic carbocycles. The van der Waals surface area contributed by atoms with Crippen LogP contribution in [-0.4, -0.2) is 16.8 Å². The van der Waals surface area contributed by atoms with Crippen molar-refractivity contribution in [2.75, 3.05) is 0 Å². The second-order valence-corrected chi connectivity index (χ2v) is 7.00. The Balaban J connectivity index is 1.78. The third-order valence-electron chi connectivity index (χ3n) is 5.08.